The summed E-state index contributed by atoms with van der Waals surface area (Å²) in [4.78, 5) is 12.2. The molecule has 0 aromatic heterocycles. The number of esters is 1. The van der Waals surface area contributed by atoms with Crippen LogP contribution in [-0.4, -0.2) is 26.3 Å². The SMILES string of the molecule is CCOC(=O)C(CCOCc1ccc(OC)cc1)Cc1ccccc1. The van der Waals surface area contributed by atoms with Crippen molar-refractivity contribution in [3.05, 3.63) is 65.7 Å². The molecule has 2 rings (SSSR count). The van der Waals surface area contributed by atoms with Crippen LogP contribution >= 0.6 is 0 Å². The highest BCUT2D eigenvalue weighted by Gasteiger charge is 2.20. The molecule has 0 radical (unpaired) electrons. The predicted molar refractivity (Wildman–Crippen MR) is 97.5 cm³/mol. The van der Waals surface area contributed by atoms with E-state index in [1.165, 1.54) is 0 Å². The van der Waals surface area contributed by atoms with Crippen LogP contribution in [0.15, 0.2) is 54.6 Å². The quantitative estimate of drug-likeness (QED) is 0.483. The van der Waals surface area contributed by atoms with Crippen LogP contribution in [0, 0.1) is 5.92 Å². The van der Waals surface area contributed by atoms with Crippen molar-refractivity contribution in [1.82, 2.24) is 0 Å². The molecule has 0 fully saturated rings. The molecule has 0 saturated carbocycles. The molecule has 0 saturated heterocycles. The standard InChI is InChI=1S/C21H26O4/c1-3-25-21(22)19(15-17-7-5-4-6-8-17)13-14-24-16-18-9-11-20(23-2)12-10-18/h4-12,19H,3,13-16H2,1-2H3. The normalized spacial score (nSPS) is 11.8. The monoisotopic (exact) mass is 342 g/mol. The minimum Gasteiger partial charge on any atom is -0.497 e. The molecule has 0 spiro atoms. The summed E-state index contributed by atoms with van der Waals surface area (Å²) < 4.78 is 16.1. The average molecular weight is 342 g/mol. The van der Waals surface area contributed by atoms with Gasteiger partial charge in [0.25, 0.3) is 0 Å². The van der Waals surface area contributed by atoms with Gasteiger partial charge in [-0.05, 0) is 43.0 Å². The molecule has 2 aromatic rings. The van der Waals surface area contributed by atoms with Crippen molar-refractivity contribution in [2.45, 2.75) is 26.4 Å². The summed E-state index contributed by atoms with van der Waals surface area (Å²) in [5.41, 5.74) is 2.22. The molecule has 0 amide bonds. The molecule has 134 valence electrons. The van der Waals surface area contributed by atoms with E-state index in [0.717, 1.165) is 16.9 Å². The molecule has 0 aliphatic carbocycles. The molecule has 0 bridgehead atoms. The van der Waals surface area contributed by atoms with E-state index in [-0.39, 0.29) is 11.9 Å². The Hall–Kier alpha value is -2.33. The van der Waals surface area contributed by atoms with Crippen LogP contribution in [0.25, 0.3) is 0 Å². The Labute approximate surface area is 149 Å². The van der Waals surface area contributed by atoms with Gasteiger partial charge < -0.3 is 14.2 Å². The molecule has 1 unspecified atom stereocenters. The number of methoxy groups -OCH3 is 1. The first-order valence-electron chi connectivity index (χ1n) is 8.64. The number of carbonyl (C=O) groups is 1. The molecule has 0 N–H and O–H groups in total. The van der Waals surface area contributed by atoms with Crippen molar-refractivity contribution in [3.8, 4) is 5.75 Å². The van der Waals surface area contributed by atoms with E-state index in [9.17, 15) is 4.79 Å². The first kappa shape index (κ1) is 19.0. The van der Waals surface area contributed by atoms with E-state index >= 15 is 0 Å². The molecule has 4 heteroatoms. The van der Waals surface area contributed by atoms with Crippen molar-refractivity contribution < 1.29 is 19.0 Å². The fourth-order valence-corrected chi connectivity index (χ4v) is 2.60. The molecular weight excluding hydrogens is 316 g/mol. The van der Waals surface area contributed by atoms with Gasteiger partial charge in [-0.2, -0.15) is 0 Å². The van der Waals surface area contributed by atoms with E-state index in [0.29, 0.717) is 32.7 Å². The molecule has 0 aliphatic heterocycles. The van der Waals surface area contributed by atoms with Crippen LogP contribution in [0.1, 0.15) is 24.5 Å². The van der Waals surface area contributed by atoms with Gasteiger partial charge in [0.1, 0.15) is 5.75 Å². The highest BCUT2D eigenvalue weighted by molar-refractivity contribution is 5.72. The van der Waals surface area contributed by atoms with Crippen molar-refractivity contribution >= 4 is 5.97 Å². The van der Waals surface area contributed by atoms with Gasteiger partial charge in [-0.1, -0.05) is 42.5 Å². The predicted octanol–water partition coefficient (Wildman–Crippen LogP) is 4.02. The second-order valence-electron chi connectivity index (χ2n) is 5.83. The first-order valence-corrected chi connectivity index (χ1v) is 8.64. The van der Waals surface area contributed by atoms with Gasteiger partial charge in [0.05, 0.1) is 26.2 Å². The van der Waals surface area contributed by atoms with Gasteiger partial charge >= 0.3 is 5.97 Å². The minimum absolute atomic E-state index is 0.153. The summed E-state index contributed by atoms with van der Waals surface area (Å²) in [6.45, 7) is 3.27. The van der Waals surface area contributed by atoms with Crippen LogP contribution in [0.4, 0.5) is 0 Å². The number of rotatable bonds is 10. The second kappa shape index (κ2) is 10.5. The Morgan fingerprint density at radius 3 is 2.36 bits per heavy atom. The summed E-state index contributed by atoms with van der Waals surface area (Å²) in [6.07, 6.45) is 1.31. The largest absolute Gasteiger partial charge is 0.497 e. The van der Waals surface area contributed by atoms with Gasteiger partial charge in [-0.25, -0.2) is 0 Å². The maximum atomic E-state index is 12.2. The number of hydrogen-bond donors (Lipinski definition) is 0. The topological polar surface area (TPSA) is 44.8 Å². The Kier molecular flexibility index (Phi) is 7.99. The van der Waals surface area contributed by atoms with Crippen LogP contribution in [0.5, 0.6) is 5.75 Å². The fraction of sp³-hybridized carbons (Fsp3) is 0.381. The third kappa shape index (κ3) is 6.59. The Morgan fingerprint density at radius 2 is 1.72 bits per heavy atom. The lowest BCUT2D eigenvalue weighted by atomic mass is 9.96. The highest BCUT2D eigenvalue weighted by atomic mass is 16.5. The minimum atomic E-state index is -0.182. The Bertz CT molecular complexity index is 622. The van der Waals surface area contributed by atoms with E-state index < -0.39 is 0 Å². The molecule has 1 atom stereocenters. The summed E-state index contributed by atoms with van der Waals surface area (Å²) in [7, 11) is 1.65. The number of hydrogen-bond acceptors (Lipinski definition) is 4. The van der Waals surface area contributed by atoms with Crippen molar-refractivity contribution in [1.29, 1.82) is 0 Å². The first-order chi connectivity index (χ1) is 12.2. The molecule has 25 heavy (non-hydrogen) atoms. The fourth-order valence-electron chi connectivity index (χ4n) is 2.60. The molecule has 0 aliphatic rings. The molecule has 0 heterocycles. The molecule has 2 aromatic carbocycles. The van der Waals surface area contributed by atoms with Gasteiger partial charge in [-0.15, -0.1) is 0 Å². The third-order valence-electron chi connectivity index (χ3n) is 3.98. The second-order valence-corrected chi connectivity index (χ2v) is 5.83. The van der Waals surface area contributed by atoms with Crippen molar-refractivity contribution in [2.75, 3.05) is 20.3 Å². The summed E-state index contributed by atoms with van der Waals surface area (Å²) in [6, 6.07) is 17.8. The van der Waals surface area contributed by atoms with Crippen LogP contribution in [0.2, 0.25) is 0 Å². The van der Waals surface area contributed by atoms with Gasteiger partial charge in [-0.3, -0.25) is 4.79 Å². The van der Waals surface area contributed by atoms with Crippen LogP contribution < -0.4 is 4.74 Å². The van der Waals surface area contributed by atoms with Crippen molar-refractivity contribution in [3.63, 3.8) is 0 Å². The van der Waals surface area contributed by atoms with Crippen LogP contribution in [-0.2, 0) is 27.3 Å². The van der Waals surface area contributed by atoms with Crippen LogP contribution in [0.3, 0.4) is 0 Å². The van der Waals surface area contributed by atoms with Gasteiger partial charge in [0.2, 0.25) is 0 Å². The van der Waals surface area contributed by atoms with Gasteiger partial charge in [0, 0.05) is 6.61 Å². The lowest BCUT2D eigenvalue weighted by molar-refractivity contribution is -0.148. The maximum Gasteiger partial charge on any atom is 0.309 e. The zero-order valence-electron chi connectivity index (χ0n) is 14.9. The summed E-state index contributed by atoms with van der Waals surface area (Å²) in [5, 5.41) is 0. The molecular formula is C21H26O4. The lowest BCUT2D eigenvalue weighted by Crippen LogP contribution is -2.22. The summed E-state index contributed by atoms with van der Waals surface area (Å²) in [5.74, 6) is 0.492. The number of benzene rings is 2. The lowest BCUT2D eigenvalue weighted by Gasteiger charge is -2.16. The van der Waals surface area contributed by atoms with E-state index in [2.05, 4.69) is 0 Å². The molecule has 4 nitrogen and oxygen atoms in total. The zero-order chi connectivity index (χ0) is 17.9. The Balaban J connectivity index is 1.82. The van der Waals surface area contributed by atoms with E-state index in [1.807, 2.05) is 61.5 Å². The summed E-state index contributed by atoms with van der Waals surface area (Å²) >= 11 is 0. The third-order valence-corrected chi connectivity index (χ3v) is 3.98. The Morgan fingerprint density at radius 1 is 1.00 bits per heavy atom. The average Bonchev–Trinajstić information content (AvgIpc) is 2.65. The smallest absolute Gasteiger partial charge is 0.309 e. The van der Waals surface area contributed by atoms with Crippen molar-refractivity contribution in [2.24, 2.45) is 5.92 Å². The maximum absolute atomic E-state index is 12.2. The number of ether oxygens (including phenoxy) is 3. The zero-order valence-corrected chi connectivity index (χ0v) is 14.9. The van der Waals surface area contributed by atoms with E-state index in [4.69, 9.17) is 14.2 Å². The highest BCUT2D eigenvalue weighted by Crippen LogP contribution is 2.16. The number of carbonyl (C=O) groups excluding carboxylic acids is 1. The van der Waals surface area contributed by atoms with E-state index in [1.54, 1.807) is 7.11 Å². The van der Waals surface area contributed by atoms with Gasteiger partial charge in [0.15, 0.2) is 0 Å².